The van der Waals surface area contributed by atoms with Crippen molar-refractivity contribution in [3.8, 4) is 6.07 Å². The average molecular weight is 396 g/mol. The number of carboxylic acid groups (broad SMARTS) is 1. The molecule has 0 spiro atoms. The van der Waals surface area contributed by atoms with Crippen molar-refractivity contribution in [3.05, 3.63) is 40.6 Å². The predicted molar refractivity (Wildman–Crippen MR) is 95.0 cm³/mol. The van der Waals surface area contributed by atoms with Gasteiger partial charge in [-0.05, 0) is 49.2 Å². The average Bonchev–Trinajstić information content (AvgIpc) is 2.68. The van der Waals surface area contributed by atoms with Gasteiger partial charge in [-0.15, -0.1) is 0 Å². The first-order valence-corrected chi connectivity index (χ1v) is 8.54. The summed E-state index contributed by atoms with van der Waals surface area (Å²) in [6, 6.07) is 6.55. The summed E-state index contributed by atoms with van der Waals surface area (Å²) in [6.07, 6.45) is -2.13. The number of aliphatic carboxylic acids is 1. The van der Waals surface area contributed by atoms with Crippen molar-refractivity contribution in [3.63, 3.8) is 0 Å². The fourth-order valence-corrected chi connectivity index (χ4v) is 3.59. The maximum Gasteiger partial charge on any atom is 0.363 e. The maximum absolute atomic E-state index is 14.3. The van der Waals surface area contributed by atoms with Crippen molar-refractivity contribution < 1.29 is 23.4 Å². The number of benzene rings is 1. The molecule has 9 heteroatoms. The van der Waals surface area contributed by atoms with E-state index < -0.39 is 35.7 Å². The fraction of sp³-hybridized carbons (Fsp3) is 0.389. The minimum atomic E-state index is -3.70. The number of aliphatic imine (C=N–C) groups is 1. The molecule has 2 aliphatic heterocycles. The quantitative estimate of drug-likeness (QED) is 0.786. The Balaban J connectivity index is 2.26. The summed E-state index contributed by atoms with van der Waals surface area (Å²) in [5.41, 5.74) is 0.937. The summed E-state index contributed by atoms with van der Waals surface area (Å²) in [6.45, 7) is 3.13. The number of hydrogen-bond acceptors (Lipinski definition) is 5. The monoisotopic (exact) mass is 395 g/mol. The number of carboxylic acids is 1. The van der Waals surface area contributed by atoms with Crippen LogP contribution in [0.15, 0.2) is 34.5 Å². The van der Waals surface area contributed by atoms with E-state index in [1.54, 1.807) is 6.92 Å². The van der Waals surface area contributed by atoms with Gasteiger partial charge in [0.25, 0.3) is 0 Å². The number of nitrogens with zero attached hydrogens (tertiary/aromatic N) is 3. The predicted octanol–water partition coefficient (Wildman–Crippen LogP) is 3.82. The van der Waals surface area contributed by atoms with Crippen molar-refractivity contribution in [2.24, 2.45) is 4.99 Å². The van der Waals surface area contributed by atoms with E-state index in [1.165, 1.54) is 30.0 Å². The molecular weight excluding hydrogens is 380 g/mol. The molecule has 3 rings (SSSR count). The Labute approximate surface area is 159 Å². The lowest BCUT2D eigenvalue weighted by atomic mass is 10.0. The van der Waals surface area contributed by atoms with Crippen LogP contribution in [0.3, 0.4) is 0 Å². The van der Waals surface area contributed by atoms with Gasteiger partial charge in [0, 0.05) is 5.56 Å². The minimum Gasteiger partial charge on any atom is -0.481 e. The third-order valence-electron chi connectivity index (χ3n) is 4.46. The summed E-state index contributed by atoms with van der Waals surface area (Å²) >= 11 is 5.40. The van der Waals surface area contributed by atoms with Gasteiger partial charge in [0.1, 0.15) is 17.6 Å². The number of hydrogen-bond donors (Lipinski definition) is 1. The Morgan fingerprint density at radius 2 is 2.26 bits per heavy atom. The summed E-state index contributed by atoms with van der Waals surface area (Å²) in [5, 5.41) is 14.7. The molecule has 0 radical (unpaired) electrons. The molecule has 2 atom stereocenters. The number of alkyl halides is 3. The van der Waals surface area contributed by atoms with E-state index >= 15 is 0 Å². The van der Waals surface area contributed by atoms with Crippen LogP contribution in [0.2, 0.25) is 0 Å². The lowest BCUT2D eigenvalue weighted by molar-refractivity contribution is -0.139. The topological polar surface area (TPSA) is 85.9 Å². The second-order valence-electron chi connectivity index (χ2n) is 6.39. The van der Waals surface area contributed by atoms with Gasteiger partial charge in [0.2, 0.25) is 0 Å². The molecule has 1 aromatic rings. The number of rotatable bonds is 3. The number of halogens is 3. The highest BCUT2D eigenvalue weighted by molar-refractivity contribution is 6.25. The Bertz CT molecular complexity index is 902. The molecule has 6 nitrogen and oxygen atoms in total. The van der Waals surface area contributed by atoms with Crippen LogP contribution in [0.25, 0.3) is 0 Å². The molecule has 1 aromatic carbocycles. The van der Waals surface area contributed by atoms with Crippen LogP contribution in [0.4, 0.5) is 14.5 Å². The Morgan fingerprint density at radius 1 is 1.56 bits per heavy atom. The summed E-state index contributed by atoms with van der Waals surface area (Å²) in [5.74, 6) is -1.09. The van der Waals surface area contributed by atoms with E-state index in [2.05, 4.69) is 4.99 Å². The lowest BCUT2D eigenvalue weighted by Gasteiger charge is -2.36. The maximum atomic E-state index is 14.3. The molecule has 0 saturated carbocycles. The van der Waals surface area contributed by atoms with Gasteiger partial charge in [0.15, 0.2) is 0 Å². The van der Waals surface area contributed by atoms with E-state index in [0.717, 1.165) is 0 Å². The first-order valence-electron chi connectivity index (χ1n) is 8.16. The number of allylic oxidation sites excluding steroid dienone is 1. The second-order valence-corrected chi connectivity index (χ2v) is 6.86. The number of fused-ring (bicyclic) bond motifs is 3. The highest BCUT2D eigenvalue weighted by Gasteiger charge is 2.45. The molecule has 0 aliphatic carbocycles. The van der Waals surface area contributed by atoms with E-state index in [4.69, 9.17) is 21.6 Å². The molecule has 1 N–H and O–H groups in total. The highest BCUT2D eigenvalue weighted by atomic mass is 35.5. The number of carbonyl (C=O) groups is 1. The molecule has 2 aliphatic rings. The van der Waals surface area contributed by atoms with Crippen molar-refractivity contribution in [2.75, 3.05) is 11.4 Å². The molecular formula is C18H16ClF2N3O3. The lowest BCUT2D eigenvalue weighted by Crippen LogP contribution is -2.46. The fourth-order valence-electron chi connectivity index (χ4n) is 3.34. The van der Waals surface area contributed by atoms with E-state index in [0.29, 0.717) is 16.8 Å². The second kappa shape index (κ2) is 6.91. The summed E-state index contributed by atoms with van der Waals surface area (Å²) in [7, 11) is 0. The molecule has 2 heterocycles. The van der Waals surface area contributed by atoms with Crippen LogP contribution in [0.1, 0.15) is 37.5 Å². The van der Waals surface area contributed by atoms with Crippen LogP contribution >= 0.6 is 11.6 Å². The van der Waals surface area contributed by atoms with Crippen LogP contribution in [-0.4, -0.2) is 34.9 Å². The third-order valence-corrected chi connectivity index (χ3v) is 4.63. The van der Waals surface area contributed by atoms with Crippen molar-refractivity contribution in [2.45, 2.75) is 37.9 Å². The third kappa shape index (κ3) is 3.53. The summed E-state index contributed by atoms with van der Waals surface area (Å²) in [4.78, 5) is 16.8. The zero-order valence-corrected chi connectivity index (χ0v) is 15.3. The first-order chi connectivity index (χ1) is 12.6. The number of amidine groups is 1. The van der Waals surface area contributed by atoms with Crippen LogP contribution in [0.5, 0.6) is 0 Å². The van der Waals surface area contributed by atoms with Gasteiger partial charge in [-0.2, -0.15) is 14.0 Å². The van der Waals surface area contributed by atoms with E-state index in [1.807, 2.05) is 6.07 Å². The largest absolute Gasteiger partial charge is 0.481 e. The Morgan fingerprint density at radius 3 is 2.85 bits per heavy atom. The Hall–Kier alpha value is -2.50. The van der Waals surface area contributed by atoms with Gasteiger partial charge in [-0.3, -0.25) is 14.7 Å². The number of ether oxygens (including phenoxy) is 1. The molecule has 0 aromatic heterocycles. The van der Waals surface area contributed by atoms with Gasteiger partial charge >= 0.3 is 11.4 Å². The standard InChI is InChI=1S/C18H16ClF2N3O3/c1-9-8-23-17-14(6-15(25)26)27-10(2)12-5-11(7-22)3-4-13(12)24(17)16(9)18(19,20)21/h3-5,10,14H,6,8H2,1-2H3,(H,25,26). The van der Waals surface area contributed by atoms with Gasteiger partial charge in [-0.25, -0.2) is 0 Å². The normalized spacial score (nSPS) is 22.4. The van der Waals surface area contributed by atoms with Crippen molar-refractivity contribution in [1.29, 1.82) is 5.26 Å². The van der Waals surface area contributed by atoms with Gasteiger partial charge in [0.05, 0.1) is 36.4 Å². The molecule has 142 valence electrons. The van der Waals surface area contributed by atoms with Gasteiger partial charge in [-0.1, -0.05) is 0 Å². The van der Waals surface area contributed by atoms with Crippen LogP contribution in [0, 0.1) is 11.3 Å². The molecule has 0 amide bonds. The molecule has 0 saturated heterocycles. The molecule has 0 bridgehead atoms. The van der Waals surface area contributed by atoms with Gasteiger partial charge < -0.3 is 9.84 Å². The molecule has 2 unspecified atom stereocenters. The number of nitriles is 1. The van der Waals surface area contributed by atoms with Crippen molar-refractivity contribution >= 4 is 29.1 Å². The number of anilines is 1. The zero-order valence-electron chi connectivity index (χ0n) is 14.5. The summed E-state index contributed by atoms with van der Waals surface area (Å²) < 4.78 is 34.4. The SMILES string of the molecule is CC1=C(C(F)(F)Cl)N2C(=NC1)C(CC(=O)O)OC(C)c1cc(C#N)ccc12. The minimum absolute atomic E-state index is 0.0387. The van der Waals surface area contributed by atoms with E-state index in [9.17, 15) is 18.7 Å². The molecule has 0 fully saturated rings. The first kappa shape index (κ1) is 19.3. The smallest absolute Gasteiger partial charge is 0.363 e. The zero-order chi connectivity index (χ0) is 19.9. The van der Waals surface area contributed by atoms with E-state index in [-0.39, 0.29) is 18.0 Å². The molecule has 27 heavy (non-hydrogen) atoms. The highest BCUT2D eigenvalue weighted by Crippen LogP contribution is 2.44. The van der Waals surface area contributed by atoms with Crippen LogP contribution < -0.4 is 4.90 Å². The van der Waals surface area contributed by atoms with Crippen molar-refractivity contribution in [1.82, 2.24) is 0 Å². The Kier molecular flexibility index (Phi) is 4.93. The van der Waals surface area contributed by atoms with Crippen LogP contribution in [-0.2, 0) is 9.53 Å².